The summed E-state index contributed by atoms with van der Waals surface area (Å²) in [4.78, 5) is 14.0. The monoisotopic (exact) mass is 508 g/mol. The predicted molar refractivity (Wildman–Crippen MR) is 153 cm³/mol. The molecule has 0 spiro atoms. The van der Waals surface area contributed by atoms with Crippen molar-refractivity contribution < 1.29 is 14.6 Å². The molecule has 1 N–H and O–H groups in total. The summed E-state index contributed by atoms with van der Waals surface area (Å²) in [6, 6.07) is 17.3. The van der Waals surface area contributed by atoms with Crippen LogP contribution >= 0.6 is 0 Å². The molecule has 5 nitrogen and oxygen atoms in total. The van der Waals surface area contributed by atoms with Crippen LogP contribution in [0.1, 0.15) is 70.1 Å². The number of anilines is 2. The van der Waals surface area contributed by atoms with Crippen LogP contribution in [0.15, 0.2) is 83.4 Å². The van der Waals surface area contributed by atoms with Crippen molar-refractivity contribution in [2.24, 2.45) is 5.41 Å². The molecule has 0 amide bonds. The van der Waals surface area contributed by atoms with Gasteiger partial charge in [0, 0.05) is 28.9 Å². The maximum Gasteiger partial charge on any atom is 0.347 e. The van der Waals surface area contributed by atoms with Gasteiger partial charge in [0.2, 0.25) is 0 Å². The third-order valence-electron chi connectivity index (χ3n) is 7.21. The lowest BCUT2D eigenvalue weighted by Gasteiger charge is -2.32. The Morgan fingerprint density at radius 1 is 1.16 bits per heavy atom. The number of fused-ring (bicyclic) bond motifs is 1. The molecule has 2 heterocycles. The molecular formula is C33H36N2O3. The zero-order chi connectivity index (χ0) is 27.4. The van der Waals surface area contributed by atoms with Crippen LogP contribution in [0, 0.1) is 16.7 Å². The summed E-state index contributed by atoms with van der Waals surface area (Å²) >= 11 is 0. The van der Waals surface area contributed by atoms with E-state index < -0.39 is 5.97 Å². The molecule has 2 aromatic rings. The van der Waals surface area contributed by atoms with Gasteiger partial charge in [0.1, 0.15) is 23.2 Å². The topological polar surface area (TPSA) is 73.6 Å². The van der Waals surface area contributed by atoms with Gasteiger partial charge in [-0.05, 0) is 84.4 Å². The van der Waals surface area contributed by atoms with E-state index in [2.05, 4.69) is 61.2 Å². The summed E-state index contributed by atoms with van der Waals surface area (Å²) in [6.07, 6.45) is 10.3. The van der Waals surface area contributed by atoms with Crippen LogP contribution < -0.4 is 4.90 Å². The molecule has 0 aliphatic carbocycles. The second-order valence-electron chi connectivity index (χ2n) is 11.0. The first kappa shape index (κ1) is 27.0. The number of allylic oxidation sites excluding steroid dienone is 5. The summed E-state index contributed by atoms with van der Waals surface area (Å²) < 4.78 is 6.09. The van der Waals surface area contributed by atoms with E-state index in [9.17, 15) is 15.2 Å². The summed E-state index contributed by atoms with van der Waals surface area (Å²) in [6.45, 7) is 11.4. The number of nitrogens with zero attached hydrogens (tertiary/aromatic N) is 2. The number of aryl methyl sites for hydroxylation is 1. The normalized spacial score (nSPS) is 17.6. The average Bonchev–Trinajstić information content (AvgIpc) is 2.90. The van der Waals surface area contributed by atoms with Gasteiger partial charge in [0.15, 0.2) is 0 Å². The Bertz CT molecular complexity index is 1380. The minimum atomic E-state index is -1.25. The Hall–Kier alpha value is -4.04. The highest BCUT2D eigenvalue weighted by atomic mass is 16.5. The molecule has 2 aromatic carbocycles. The van der Waals surface area contributed by atoms with Crippen molar-refractivity contribution in [1.82, 2.24) is 0 Å². The number of hydrogen-bond donors (Lipinski definition) is 1. The molecule has 196 valence electrons. The van der Waals surface area contributed by atoms with Gasteiger partial charge < -0.3 is 14.7 Å². The minimum Gasteiger partial charge on any atom is -0.477 e. The van der Waals surface area contributed by atoms with Crippen LogP contribution in [0.2, 0.25) is 0 Å². The van der Waals surface area contributed by atoms with Crippen LogP contribution in [-0.2, 0) is 16.0 Å². The van der Waals surface area contributed by atoms with Gasteiger partial charge in [-0.3, -0.25) is 0 Å². The molecule has 38 heavy (non-hydrogen) atoms. The first-order chi connectivity index (χ1) is 18.1. The number of carbonyl (C=O) groups is 1. The van der Waals surface area contributed by atoms with Crippen LogP contribution in [0.5, 0.6) is 0 Å². The van der Waals surface area contributed by atoms with Crippen LogP contribution in [-0.4, -0.2) is 17.6 Å². The number of carboxylic acid groups (broad SMARTS) is 1. The number of nitriles is 1. The fourth-order valence-corrected chi connectivity index (χ4v) is 4.74. The Morgan fingerprint density at radius 2 is 1.89 bits per heavy atom. The van der Waals surface area contributed by atoms with Crippen molar-refractivity contribution in [3.63, 3.8) is 0 Å². The summed E-state index contributed by atoms with van der Waals surface area (Å²) in [7, 11) is 0. The zero-order valence-corrected chi connectivity index (χ0v) is 22.9. The number of benzene rings is 2. The van der Waals surface area contributed by atoms with Crippen molar-refractivity contribution >= 4 is 23.4 Å². The molecule has 1 unspecified atom stereocenters. The number of carboxylic acids is 1. The van der Waals surface area contributed by atoms with Gasteiger partial charge in [0.25, 0.3) is 0 Å². The molecule has 0 saturated heterocycles. The van der Waals surface area contributed by atoms with Crippen molar-refractivity contribution in [3.8, 4) is 6.07 Å². The first-order valence-corrected chi connectivity index (χ1v) is 13.3. The lowest BCUT2D eigenvalue weighted by Crippen LogP contribution is -2.24. The number of rotatable bonds is 6. The van der Waals surface area contributed by atoms with Crippen LogP contribution in [0.3, 0.4) is 0 Å². The third-order valence-corrected chi connectivity index (χ3v) is 7.21. The molecule has 2 aliphatic heterocycles. The number of hydrogen-bond acceptors (Lipinski definition) is 4. The Labute approximate surface area is 226 Å². The van der Waals surface area contributed by atoms with Gasteiger partial charge in [0.05, 0.1) is 0 Å². The molecule has 0 saturated carbocycles. The fraction of sp³-hybridized carbons (Fsp3) is 0.333. The lowest BCUT2D eigenvalue weighted by molar-refractivity contribution is -0.132. The van der Waals surface area contributed by atoms with Gasteiger partial charge in [-0.15, -0.1) is 0 Å². The molecular weight excluding hydrogens is 472 g/mol. The second kappa shape index (κ2) is 11.1. The minimum absolute atomic E-state index is 0.299. The zero-order valence-electron chi connectivity index (χ0n) is 22.9. The molecule has 0 fully saturated rings. The molecule has 0 bridgehead atoms. The standard InChI is InChI=1S/C33H36N2O3/c1-6-22(2)24-11-13-27(14-12-24)35-17-7-8-25-18-23(10-16-30(25)35)9-15-28-19-26(29(21-34)32(36)37)20-31(38-28)33(3,4)5/h9-16,18-20,22H,6-8,17H2,1-5H3,(H,36,37)/b15-9+,29-26-. The maximum atomic E-state index is 11.6. The molecule has 5 heteroatoms. The lowest BCUT2D eigenvalue weighted by atomic mass is 9.90. The highest BCUT2D eigenvalue weighted by Crippen LogP contribution is 2.36. The molecule has 0 aromatic heterocycles. The first-order valence-electron chi connectivity index (χ1n) is 13.3. The Kier molecular flexibility index (Phi) is 7.92. The Morgan fingerprint density at radius 3 is 2.53 bits per heavy atom. The molecule has 4 rings (SSSR count). The Balaban J connectivity index is 1.60. The number of aliphatic carboxylic acids is 1. The summed E-state index contributed by atoms with van der Waals surface area (Å²) in [5.74, 6) is 0.431. The molecule has 1 atom stereocenters. The van der Waals surface area contributed by atoms with E-state index in [1.54, 1.807) is 12.2 Å². The van der Waals surface area contributed by atoms with E-state index in [-0.39, 0.29) is 11.0 Å². The maximum absolute atomic E-state index is 11.6. The van der Waals surface area contributed by atoms with Crippen LogP contribution in [0.25, 0.3) is 6.08 Å². The van der Waals surface area contributed by atoms with Gasteiger partial charge in [-0.1, -0.05) is 58.9 Å². The van der Waals surface area contributed by atoms with Crippen molar-refractivity contribution in [2.45, 2.75) is 59.8 Å². The van der Waals surface area contributed by atoms with Crippen molar-refractivity contribution in [1.29, 1.82) is 5.26 Å². The van der Waals surface area contributed by atoms with Gasteiger partial charge in [-0.2, -0.15) is 5.26 Å². The molecule has 2 aliphatic rings. The van der Waals surface area contributed by atoms with Crippen molar-refractivity contribution in [2.75, 3.05) is 11.4 Å². The van der Waals surface area contributed by atoms with Crippen LogP contribution in [0.4, 0.5) is 11.4 Å². The average molecular weight is 509 g/mol. The SMILES string of the molecule is CCC(C)c1ccc(N2CCCc3cc(/C=C/C4=CC(=C(\C#N)C(=O)O)/C=C(C(C)(C)C)O4)ccc32)cc1. The third kappa shape index (κ3) is 5.92. The summed E-state index contributed by atoms with van der Waals surface area (Å²) in [5, 5.41) is 18.9. The smallest absolute Gasteiger partial charge is 0.347 e. The highest BCUT2D eigenvalue weighted by Gasteiger charge is 2.25. The van der Waals surface area contributed by atoms with E-state index in [1.807, 2.05) is 39.0 Å². The van der Waals surface area contributed by atoms with E-state index in [0.29, 0.717) is 23.0 Å². The van der Waals surface area contributed by atoms with E-state index in [4.69, 9.17) is 4.74 Å². The highest BCUT2D eigenvalue weighted by molar-refractivity contribution is 5.93. The second-order valence-corrected chi connectivity index (χ2v) is 11.0. The summed E-state index contributed by atoms with van der Waals surface area (Å²) in [5.41, 5.74) is 5.87. The van der Waals surface area contributed by atoms with Gasteiger partial charge in [-0.25, -0.2) is 4.79 Å². The largest absolute Gasteiger partial charge is 0.477 e. The molecule has 0 radical (unpaired) electrons. The quantitative estimate of drug-likeness (QED) is 0.316. The predicted octanol–water partition coefficient (Wildman–Crippen LogP) is 8.05. The van der Waals surface area contributed by atoms with Gasteiger partial charge >= 0.3 is 5.97 Å². The van der Waals surface area contributed by atoms with E-state index >= 15 is 0 Å². The number of ether oxygens (including phenoxy) is 1. The van der Waals surface area contributed by atoms with E-state index in [1.165, 1.54) is 22.5 Å². The van der Waals surface area contributed by atoms with E-state index in [0.717, 1.165) is 31.4 Å². The fourth-order valence-electron chi connectivity index (χ4n) is 4.74. The van der Waals surface area contributed by atoms with Crippen molar-refractivity contribution in [3.05, 3.63) is 100 Å².